The quantitative estimate of drug-likeness (QED) is 0.698. The van der Waals surface area contributed by atoms with Crippen molar-refractivity contribution in [3.05, 3.63) is 0 Å². The van der Waals surface area contributed by atoms with Crippen LogP contribution in [-0.4, -0.2) is 24.5 Å². The zero-order valence-electron chi connectivity index (χ0n) is 8.28. The van der Waals surface area contributed by atoms with Gasteiger partial charge in [-0.15, -0.1) is 0 Å². The second kappa shape index (κ2) is 2.39. The zero-order chi connectivity index (χ0) is 10.8. The lowest BCUT2D eigenvalue weighted by atomic mass is 9.51. The van der Waals surface area contributed by atoms with E-state index in [1.165, 1.54) is 0 Å². The molecule has 2 bridgehead atoms. The Morgan fingerprint density at radius 3 is 2.36 bits per heavy atom. The van der Waals surface area contributed by atoms with Gasteiger partial charge in [-0.2, -0.15) is 8.42 Å². The van der Waals surface area contributed by atoms with Crippen molar-refractivity contribution in [2.45, 2.75) is 26.7 Å². The van der Waals surface area contributed by atoms with Gasteiger partial charge in [0.2, 0.25) is 0 Å². The van der Waals surface area contributed by atoms with Crippen LogP contribution in [-0.2, 0) is 14.9 Å². The van der Waals surface area contributed by atoms with Crippen LogP contribution >= 0.6 is 0 Å². The van der Waals surface area contributed by atoms with Crippen molar-refractivity contribution in [1.82, 2.24) is 0 Å². The standard InChI is InChI=1S/C9H14O4S/c1-8(2)6-3-4-9(8,7(6)10)5-14(11,12)13/h6H,3-5H2,1-2H3,(H,11,12,13). The van der Waals surface area contributed by atoms with Crippen molar-refractivity contribution in [1.29, 1.82) is 0 Å². The number of Topliss-reactive ketones (excluding diaryl/α,β-unsaturated/α-hetero) is 1. The van der Waals surface area contributed by atoms with Gasteiger partial charge < -0.3 is 0 Å². The summed E-state index contributed by atoms with van der Waals surface area (Å²) in [5, 5.41) is 0. The lowest BCUT2D eigenvalue weighted by Crippen LogP contribution is -2.60. The molecule has 3 aliphatic carbocycles. The highest BCUT2D eigenvalue weighted by atomic mass is 32.2. The molecular weight excluding hydrogens is 204 g/mol. The van der Waals surface area contributed by atoms with Gasteiger partial charge in [0, 0.05) is 5.92 Å². The molecule has 0 aromatic rings. The molecule has 0 spiro atoms. The van der Waals surface area contributed by atoms with Crippen LogP contribution in [0.1, 0.15) is 26.7 Å². The molecule has 80 valence electrons. The van der Waals surface area contributed by atoms with Crippen LogP contribution in [0.5, 0.6) is 0 Å². The van der Waals surface area contributed by atoms with Gasteiger partial charge in [-0.1, -0.05) is 13.8 Å². The summed E-state index contributed by atoms with van der Waals surface area (Å²) in [5.41, 5.74) is -1.06. The van der Waals surface area contributed by atoms with Gasteiger partial charge in [-0.25, -0.2) is 0 Å². The molecule has 0 heterocycles. The molecule has 0 radical (unpaired) electrons. The molecule has 3 aliphatic rings. The predicted octanol–water partition coefficient (Wildman–Crippen LogP) is 0.879. The van der Waals surface area contributed by atoms with E-state index in [1.54, 1.807) is 0 Å². The number of carbonyl (C=O) groups is 1. The van der Waals surface area contributed by atoms with E-state index in [0.717, 1.165) is 6.42 Å². The van der Waals surface area contributed by atoms with Gasteiger partial charge >= 0.3 is 0 Å². The molecular formula is C9H14O4S. The minimum atomic E-state index is -4.05. The van der Waals surface area contributed by atoms with Crippen LogP contribution in [0.15, 0.2) is 0 Å². The smallest absolute Gasteiger partial charge is 0.265 e. The number of rotatable bonds is 2. The highest BCUT2D eigenvalue weighted by molar-refractivity contribution is 7.85. The molecule has 0 amide bonds. The summed E-state index contributed by atoms with van der Waals surface area (Å²) in [6.45, 7) is 3.83. The van der Waals surface area contributed by atoms with Crippen molar-refractivity contribution >= 4 is 15.9 Å². The fourth-order valence-electron chi connectivity index (χ4n) is 3.20. The van der Waals surface area contributed by atoms with E-state index in [1.807, 2.05) is 13.8 Å². The van der Waals surface area contributed by atoms with Crippen LogP contribution in [0, 0.1) is 16.7 Å². The lowest BCUT2D eigenvalue weighted by Gasteiger charge is -2.52. The fourth-order valence-corrected chi connectivity index (χ4v) is 4.48. The molecule has 2 atom stereocenters. The van der Waals surface area contributed by atoms with Crippen LogP contribution in [0.25, 0.3) is 0 Å². The molecule has 1 N–H and O–H groups in total. The molecule has 5 heteroatoms. The van der Waals surface area contributed by atoms with E-state index in [0.29, 0.717) is 6.42 Å². The molecule has 14 heavy (non-hydrogen) atoms. The average Bonchev–Trinajstić information content (AvgIpc) is 2.39. The summed E-state index contributed by atoms with van der Waals surface area (Å²) in [5.74, 6) is -0.369. The first kappa shape index (κ1) is 10.1. The predicted molar refractivity (Wildman–Crippen MR) is 50.4 cm³/mol. The van der Waals surface area contributed by atoms with Crippen LogP contribution in [0.4, 0.5) is 0 Å². The Bertz CT molecular complexity index is 395. The largest absolute Gasteiger partial charge is 0.299 e. The van der Waals surface area contributed by atoms with Gasteiger partial charge in [0.15, 0.2) is 0 Å². The Balaban J connectivity index is 2.37. The number of fused-ring (bicyclic) bond motifs is 1. The first-order valence-electron chi connectivity index (χ1n) is 4.70. The van der Waals surface area contributed by atoms with Crippen LogP contribution in [0.2, 0.25) is 0 Å². The monoisotopic (exact) mass is 218 g/mol. The minimum Gasteiger partial charge on any atom is -0.299 e. The van der Waals surface area contributed by atoms with Gasteiger partial charge in [-0.3, -0.25) is 9.35 Å². The van der Waals surface area contributed by atoms with Gasteiger partial charge in [0.05, 0.1) is 11.2 Å². The van der Waals surface area contributed by atoms with Crippen LogP contribution in [0.3, 0.4) is 0 Å². The van der Waals surface area contributed by atoms with E-state index in [4.69, 9.17) is 4.55 Å². The van der Waals surface area contributed by atoms with E-state index in [-0.39, 0.29) is 17.1 Å². The van der Waals surface area contributed by atoms with Crippen molar-refractivity contribution in [2.24, 2.45) is 16.7 Å². The average molecular weight is 218 g/mol. The molecule has 3 fully saturated rings. The summed E-state index contributed by atoms with van der Waals surface area (Å²) in [6.07, 6.45) is 1.37. The second-order valence-corrected chi connectivity index (χ2v) is 6.44. The van der Waals surface area contributed by atoms with E-state index in [2.05, 4.69) is 0 Å². The minimum absolute atomic E-state index is 0.00394. The fraction of sp³-hybridized carbons (Fsp3) is 0.889. The summed E-state index contributed by atoms with van der Waals surface area (Å²) in [7, 11) is -4.05. The summed E-state index contributed by atoms with van der Waals surface area (Å²) in [6, 6.07) is 0. The van der Waals surface area contributed by atoms with E-state index in [9.17, 15) is 13.2 Å². The Labute approximate surface area is 83.4 Å². The summed E-state index contributed by atoms with van der Waals surface area (Å²) >= 11 is 0. The van der Waals surface area contributed by atoms with E-state index >= 15 is 0 Å². The lowest BCUT2D eigenvalue weighted by molar-refractivity contribution is -0.155. The highest BCUT2D eigenvalue weighted by Gasteiger charge is 2.72. The molecule has 0 aromatic carbocycles. The Hall–Kier alpha value is -0.420. The maximum absolute atomic E-state index is 11.7. The third kappa shape index (κ3) is 0.969. The Morgan fingerprint density at radius 1 is 1.50 bits per heavy atom. The van der Waals surface area contributed by atoms with Crippen LogP contribution < -0.4 is 0 Å². The maximum atomic E-state index is 11.7. The molecule has 4 nitrogen and oxygen atoms in total. The third-order valence-corrected chi connectivity index (χ3v) is 5.04. The number of ketones is 1. The number of hydrogen-bond donors (Lipinski definition) is 1. The summed E-state index contributed by atoms with van der Waals surface area (Å²) in [4.78, 5) is 11.7. The SMILES string of the molecule is CC1(C)C2CCC1(CS(=O)(=O)O)C2=O. The topological polar surface area (TPSA) is 71.4 Å². The number of carbonyl (C=O) groups excluding carboxylic acids is 1. The highest BCUT2D eigenvalue weighted by Crippen LogP contribution is 2.68. The third-order valence-electron chi connectivity index (χ3n) is 4.18. The number of hydrogen-bond acceptors (Lipinski definition) is 3. The Kier molecular flexibility index (Phi) is 1.72. The molecule has 3 rings (SSSR count). The molecule has 0 aliphatic heterocycles. The Morgan fingerprint density at radius 2 is 2.07 bits per heavy atom. The van der Waals surface area contributed by atoms with Gasteiger partial charge in [0.1, 0.15) is 5.78 Å². The first-order valence-corrected chi connectivity index (χ1v) is 6.31. The van der Waals surface area contributed by atoms with Crippen molar-refractivity contribution in [3.63, 3.8) is 0 Å². The van der Waals surface area contributed by atoms with Gasteiger partial charge in [-0.05, 0) is 18.3 Å². The second-order valence-electron chi connectivity index (χ2n) is 4.99. The van der Waals surface area contributed by atoms with Gasteiger partial charge in [0.25, 0.3) is 10.1 Å². The van der Waals surface area contributed by atoms with Crippen molar-refractivity contribution in [2.75, 3.05) is 5.75 Å². The molecule has 2 unspecified atom stereocenters. The summed E-state index contributed by atoms with van der Waals surface area (Å²) < 4.78 is 30.5. The normalized spacial score (nSPS) is 39.6. The zero-order valence-corrected chi connectivity index (χ0v) is 9.10. The van der Waals surface area contributed by atoms with Crippen molar-refractivity contribution < 1.29 is 17.8 Å². The van der Waals surface area contributed by atoms with Crippen molar-refractivity contribution in [3.8, 4) is 0 Å². The molecule has 0 saturated heterocycles. The first-order chi connectivity index (χ1) is 6.21. The maximum Gasteiger partial charge on any atom is 0.265 e. The van der Waals surface area contributed by atoms with E-state index < -0.39 is 21.3 Å². The molecule has 0 aromatic heterocycles. The molecule has 3 saturated carbocycles.